The Morgan fingerprint density at radius 2 is 1.74 bits per heavy atom. The zero-order chi connectivity index (χ0) is 19.6. The highest BCUT2D eigenvalue weighted by atomic mass is 35.5. The molecule has 3 aromatic rings. The highest BCUT2D eigenvalue weighted by molar-refractivity contribution is 6.35. The zero-order valence-electron chi connectivity index (χ0n) is 15.5. The van der Waals surface area contributed by atoms with Gasteiger partial charge in [0.1, 0.15) is 0 Å². The number of amides is 2. The maximum atomic E-state index is 12.6. The second kappa shape index (κ2) is 7.84. The van der Waals surface area contributed by atoms with Gasteiger partial charge < -0.3 is 14.6 Å². The number of furan rings is 1. The number of nitrogens with zero attached hydrogens (tertiary/aromatic N) is 1. The van der Waals surface area contributed by atoms with Crippen LogP contribution in [0.2, 0.25) is 5.02 Å². The molecule has 0 spiro atoms. The second-order valence-electron chi connectivity index (χ2n) is 6.18. The van der Waals surface area contributed by atoms with E-state index in [-0.39, 0.29) is 17.6 Å². The van der Waals surface area contributed by atoms with Crippen molar-refractivity contribution in [1.29, 1.82) is 0 Å². The van der Waals surface area contributed by atoms with Gasteiger partial charge in [-0.3, -0.25) is 9.59 Å². The van der Waals surface area contributed by atoms with Crippen molar-refractivity contribution in [2.24, 2.45) is 0 Å². The third kappa shape index (κ3) is 3.69. The van der Waals surface area contributed by atoms with Crippen molar-refractivity contribution in [3.63, 3.8) is 0 Å². The Bertz CT molecular complexity index is 989. The average molecular weight is 385 g/mol. The smallest absolute Gasteiger partial charge is 0.291 e. The van der Waals surface area contributed by atoms with Crippen molar-refractivity contribution in [2.45, 2.75) is 20.8 Å². The molecular weight excluding hydrogens is 364 g/mol. The predicted molar refractivity (Wildman–Crippen MR) is 108 cm³/mol. The molecule has 0 saturated carbocycles. The molecule has 0 bridgehead atoms. The molecule has 0 radical (unpaired) electrons. The molecule has 1 N–H and O–H groups in total. The van der Waals surface area contributed by atoms with E-state index in [4.69, 9.17) is 16.0 Å². The quantitative estimate of drug-likeness (QED) is 0.663. The lowest BCUT2D eigenvalue weighted by Crippen LogP contribution is -2.30. The summed E-state index contributed by atoms with van der Waals surface area (Å²) in [5.74, 6) is -0.162. The number of anilines is 1. The van der Waals surface area contributed by atoms with Gasteiger partial charge >= 0.3 is 0 Å². The minimum Gasteiger partial charge on any atom is -0.449 e. The number of aryl methyl sites for hydroxylation is 1. The van der Waals surface area contributed by atoms with Gasteiger partial charge in [0.15, 0.2) is 11.3 Å². The van der Waals surface area contributed by atoms with Crippen LogP contribution >= 0.6 is 11.6 Å². The summed E-state index contributed by atoms with van der Waals surface area (Å²) in [6.45, 7) is 7.02. The Morgan fingerprint density at radius 1 is 1.07 bits per heavy atom. The normalized spacial score (nSPS) is 10.8. The van der Waals surface area contributed by atoms with E-state index in [2.05, 4.69) is 5.32 Å². The van der Waals surface area contributed by atoms with Crippen LogP contribution in [0.15, 0.2) is 46.9 Å². The van der Waals surface area contributed by atoms with Gasteiger partial charge in [0.2, 0.25) is 0 Å². The molecule has 0 aliphatic rings. The standard InChI is InChI=1S/C21H21ClN2O3/c1-4-24(5-2)21(26)14-9-11-15(12-10-14)23-20(25)18-13(3)16-7-6-8-17(22)19(16)27-18/h6-12H,4-5H2,1-3H3,(H,23,25). The predicted octanol–water partition coefficient (Wildman–Crippen LogP) is 5.13. The zero-order valence-corrected chi connectivity index (χ0v) is 16.3. The van der Waals surface area contributed by atoms with Gasteiger partial charge in [-0.1, -0.05) is 23.7 Å². The Kier molecular flexibility index (Phi) is 5.51. The summed E-state index contributed by atoms with van der Waals surface area (Å²) in [7, 11) is 0. The van der Waals surface area contributed by atoms with Gasteiger partial charge in [0.05, 0.1) is 5.02 Å². The maximum absolute atomic E-state index is 12.6. The number of hydrogen-bond donors (Lipinski definition) is 1. The molecule has 2 aromatic carbocycles. The molecule has 0 aliphatic heterocycles. The van der Waals surface area contributed by atoms with Crippen LogP contribution in [0.3, 0.4) is 0 Å². The van der Waals surface area contributed by atoms with Crippen LogP contribution in [0, 0.1) is 6.92 Å². The van der Waals surface area contributed by atoms with E-state index in [0.717, 1.165) is 10.9 Å². The summed E-state index contributed by atoms with van der Waals surface area (Å²) < 4.78 is 5.68. The number of fused-ring (bicyclic) bond motifs is 1. The lowest BCUT2D eigenvalue weighted by atomic mass is 10.1. The molecule has 1 aromatic heterocycles. The maximum Gasteiger partial charge on any atom is 0.291 e. The van der Waals surface area contributed by atoms with E-state index >= 15 is 0 Å². The molecule has 1 heterocycles. The monoisotopic (exact) mass is 384 g/mol. The number of benzene rings is 2. The fraction of sp³-hybridized carbons (Fsp3) is 0.238. The van der Waals surface area contributed by atoms with Gasteiger partial charge in [0, 0.05) is 35.3 Å². The molecular formula is C21H21ClN2O3. The molecule has 0 unspecified atom stereocenters. The molecule has 0 aliphatic carbocycles. The Morgan fingerprint density at radius 3 is 2.33 bits per heavy atom. The van der Waals surface area contributed by atoms with Crippen LogP contribution in [0.5, 0.6) is 0 Å². The summed E-state index contributed by atoms with van der Waals surface area (Å²) in [6, 6.07) is 12.2. The fourth-order valence-electron chi connectivity index (χ4n) is 3.00. The van der Waals surface area contributed by atoms with Crippen molar-refractivity contribution in [2.75, 3.05) is 18.4 Å². The summed E-state index contributed by atoms with van der Waals surface area (Å²) in [4.78, 5) is 26.7. The van der Waals surface area contributed by atoms with Crippen molar-refractivity contribution in [3.05, 3.63) is 64.4 Å². The van der Waals surface area contributed by atoms with Crippen molar-refractivity contribution in [3.8, 4) is 0 Å². The minimum atomic E-state index is -0.359. The van der Waals surface area contributed by atoms with Crippen LogP contribution in [-0.4, -0.2) is 29.8 Å². The first-order chi connectivity index (χ1) is 13.0. The van der Waals surface area contributed by atoms with Crippen LogP contribution in [0.4, 0.5) is 5.69 Å². The van der Waals surface area contributed by atoms with E-state index < -0.39 is 0 Å². The fourth-order valence-corrected chi connectivity index (χ4v) is 3.22. The third-order valence-corrected chi connectivity index (χ3v) is 4.86. The van der Waals surface area contributed by atoms with E-state index in [9.17, 15) is 9.59 Å². The Hall–Kier alpha value is -2.79. The molecule has 0 atom stereocenters. The number of hydrogen-bond acceptors (Lipinski definition) is 3. The van der Waals surface area contributed by atoms with Crippen molar-refractivity contribution in [1.82, 2.24) is 4.90 Å². The summed E-state index contributed by atoms with van der Waals surface area (Å²) in [5, 5.41) is 4.08. The van der Waals surface area contributed by atoms with E-state index in [1.54, 1.807) is 35.2 Å². The van der Waals surface area contributed by atoms with E-state index in [1.165, 1.54) is 0 Å². The average Bonchev–Trinajstić information content (AvgIpc) is 3.01. The molecule has 27 heavy (non-hydrogen) atoms. The summed E-state index contributed by atoms with van der Waals surface area (Å²) in [6.07, 6.45) is 0. The van der Waals surface area contributed by atoms with Gasteiger partial charge in [-0.2, -0.15) is 0 Å². The van der Waals surface area contributed by atoms with Crippen molar-refractivity contribution < 1.29 is 14.0 Å². The number of para-hydroxylation sites is 1. The molecule has 3 rings (SSSR count). The van der Waals surface area contributed by atoms with Gasteiger partial charge in [-0.25, -0.2) is 0 Å². The molecule has 0 fully saturated rings. The second-order valence-corrected chi connectivity index (χ2v) is 6.59. The molecule has 5 nitrogen and oxygen atoms in total. The first kappa shape index (κ1) is 19.0. The molecule has 0 saturated heterocycles. The van der Waals surface area contributed by atoms with Crippen molar-refractivity contribution >= 4 is 40.1 Å². The highest BCUT2D eigenvalue weighted by Gasteiger charge is 2.19. The molecule has 6 heteroatoms. The van der Waals surface area contributed by atoms with E-state index in [1.807, 2.05) is 32.9 Å². The number of nitrogens with one attached hydrogen (secondary N) is 1. The van der Waals surface area contributed by atoms with Gasteiger partial charge in [-0.15, -0.1) is 0 Å². The Balaban J connectivity index is 1.80. The highest BCUT2D eigenvalue weighted by Crippen LogP contribution is 2.31. The number of carbonyl (C=O) groups excluding carboxylic acids is 2. The largest absolute Gasteiger partial charge is 0.449 e. The number of rotatable bonds is 5. The van der Waals surface area contributed by atoms with Crippen LogP contribution in [0.1, 0.15) is 40.3 Å². The third-order valence-electron chi connectivity index (χ3n) is 4.56. The van der Waals surface area contributed by atoms with Crippen LogP contribution in [0.25, 0.3) is 11.0 Å². The SMILES string of the molecule is CCN(CC)C(=O)c1ccc(NC(=O)c2oc3c(Cl)cccc3c2C)cc1. The summed E-state index contributed by atoms with van der Waals surface area (Å²) in [5.41, 5.74) is 2.41. The van der Waals surface area contributed by atoms with Gasteiger partial charge in [0.25, 0.3) is 11.8 Å². The van der Waals surface area contributed by atoms with Crippen LogP contribution < -0.4 is 5.32 Å². The van der Waals surface area contributed by atoms with E-state index in [0.29, 0.717) is 34.9 Å². The number of halogens is 1. The first-order valence-corrected chi connectivity index (χ1v) is 9.22. The minimum absolute atomic E-state index is 0.0272. The summed E-state index contributed by atoms with van der Waals surface area (Å²) >= 11 is 6.14. The Labute approximate surface area is 162 Å². The number of carbonyl (C=O) groups is 2. The molecule has 2 amide bonds. The topological polar surface area (TPSA) is 62.6 Å². The molecule has 140 valence electrons. The lowest BCUT2D eigenvalue weighted by Gasteiger charge is -2.18. The first-order valence-electron chi connectivity index (χ1n) is 8.84. The van der Waals surface area contributed by atoms with Crippen LogP contribution in [-0.2, 0) is 0 Å². The lowest BCUT2D eigenvalue weighted by molar-refractivity contribution is 0.0773. The van der Waals surface area contributed by atoms with Gasteiger partial charge in [-0.05, 0) is 51.1 Å².